The quantitative estimate of drug-likeness (QED) is 0.766. The molecule has 0 aromatic heterocycles. The molecule has 0 atom stereocenters. The Morgan fingerprint density at radius 1 is 0.955 bits per heavy atom. The second kappa shape index (κ2) is 7.26. The summed E-state index contributed by atoms with van der Waals surface area (Å²) < 4.78 is 0. The van der Waals surface area contributed by atoms with E-state index in [0.29, 0.717) is 5.75 Å². The van der Waals surface area contributed by atoms with E-state index in [4.69, 9.17) is 0 Å². The molecular formula is C20H23NO. The monoisotopic (exact) mass is 293 g/mol. The summed E-state index contributed by atoms with van der Waals surface area (Å²) in [7, 11) is 0. The number of aliphatic imine (C=N–C) groups is 1. The summed E-state index contributed by atoms with van der Waals surface area (Å²) in [5.41, 5.74) is 2.76. The van der Waals surface area contributed by atoms with Gasteiger partial charge in [0.2, 0.25) is 0 Å². The van der Waals surface area contributed by atoms with Gasteiger partial charge >= 0.3 is 0 Å². The first-order valence-electron chi connectivity index (χ1n) is 8.23. The van der Waals surface area contributed by atoms with Gasteiger partial charge in [-0.2, -0.15) is 0 Å². The second-order valence-corrected chi connectivity index (χ2v) is 6.16. The van der Waals surface area contributed by atoms with Crippen molar-refractivity contribution in [3.63, 3.8) is 0 Å². The number of rotatable bonds is 4. The van der Waals surface area contributed by atoms with Crippen molar-refractivity contribution in [3.05, 3.63) is 59.7 Å². The summed E-state index contributed by atoms with van der Waals surface area (Å²) in [5, 5.41) is 10.5. The maximum absolute atomic E-state index is 10.5. The van der Waals surface area contributed by atoms with Gasteiger partial charge in [0.25, 0.3) is 0 Å². The molecular weight excluding hydrogens is 270 g/mol. The summed E-state index contributed by atoms with van der Waals surface area (Å²) >= 11 is 0. The summed E-state index contributed by atoms with van der Waals surface area (Å²) in [5.74, 6) is 1.12. The number of phenols is 1. The van der Waals surface area contributed by atoms with Gasteiger partial charge in [0.05, 0.1) is 5.69 Å². The molecule has 1 saturated carbocycles. The molecule has 0 aliphatic heterocycles. The van der Waals surface area contributed by atoms with Crippen LogP contribution >= 0.6 is 0 Å². The smallest absolute Gasteiger partial charge is 0.127 e. The lowest BCUT2D eigenvalue weighted by atomic mass is 9.84. The van der Waals surface area contributed by atoms with E-state index < -0.39 is 0 Å². The average molecular weight is 293 g/mol. The molecule has 0 amide bonds. The van der Waals surface area contributed by atoms with Crippen LogP contribution in [0.25, 0.3) is 0 Å². The number of phenolic OH excluding ortho intramolecular Hbond substituents is 1. The third-order valence-corrected chi connectivity index (χ3v) is 4.49. The first-order chi connectivity index (χ1) is 10.8. The van der Waals surface area contributed by atoms with Crippen molar-refractivity contribution in [2.75, 3.05) is 0 Å². The van der Waals surface area contributed by atoms with E-state index in [1.165, 1.54) is 32.1 Å². The Hall–Kier alpha value is -2.09. The van der Waals surface area contributed by atoms with E-state index in [9.17, 15) is 5.11 Å². The van der Waals surface area contributed by atoms with E-state index in [-0.39, 0.29) is 0 Å². The summed E-state index contributed by atoms with van der Waals surface area (Å²) in [6.45, 7) is 0. The minimum atomic E-state index is 0.396. The Morgan fingerprint density at radius 3 is 2.50 bits per heavy atom. The fourth-order valence-electron chi connectivity index (χ4n) is 3.24. The highest BCUT2D eigenvalue weighted by Crippen LogP contribution is 2.31. The van der Waals surface area contributed by atoms with Gasteiger partial charge in [-0.1, -0.05) is 62.4 Å². The molecule has 0 bridgehead atoms. The first kappa shape index (κ1) is 14.8. The van der Waals surface area contributed by atoms with Gasteiger partial charge in [-0.05, 0) is 36.1 Å². The van der Waals surface area contributed by atoms with Gasteiger partial charge in [0, 0.05) is 11.8 Å². The van der Waals surface area contributed by atoms with Crippen LogP contribution in [0.1, 0.15) is 43.2 Å². The summed E-state index contributed by atoms with van der Waals surface area (Å²) in [4.78, 5) is 4.44. The minimum absolute atomic E-state index is 0.396. The van der Waals surface area contributed by atoms with Gasteiger partial charge < -0.3 is 5.11 Å². The van der Waals surface area contributed by atoms with Crippen LogP contribution in [0.2, 0.25) is 0 Å². The Kier molecular flexibility index (Phi) is 4.89. The maximum atomic E-state index is 10.5. The Labute approximate surface area is 132 Å². The Balaban J connectivity index is 1.75. The molecule has 3 rings (SSSR count). The van der Waals surface area contributed by atoms with Crippen LogP contribution in [0.4, 0.5) is 5.69 Å². The lowest BCUT2D eigenvalue weighted by Gasteiger charge is -2.22. The van der Waals surface area contributed by atoms with Crippen molar-refractivity contribution in [2.24, 2.45) is 10.9 Å². The van der Waals surface area contributed by atoms with Gasteiger partial charge in [-0.3, -0.25) is 4.99 Å². The number of benzene rings is 2. The lowest BCUT2D eigenvalue weighted by Crippen LogP contribution is -2.09. The molecule has 1 fully saturated rings. The summed E-state index contributed by atoms with van der Waals surface area (Å²) in [6.07, 6.45) is 9.37. The number of aromatic hydroxyl groups is 1. The van der Waals surface area contributed by atoms with E-state index in [2.05, 4.69) is 4.99 Å². The highest BCUT2D eigenvalue weighted by atomic mass is 16.3. The predicted octanol–water partition coefficient (Wildman–Crippen LogP) is 5.27. The van der Waals surface area contributed by atoms with Crippen molar-refractivity contribution in [2.45, 2.75) is 38.5 Å². The molecule has 2 aromatic rings. The van der Waals surface area contributed by atoms with Crippen LogP contribution in [-0.2, 0) is 6.42 Å². The van der Waals surface area contributed by atoms with Gasteiger partial charge in [0.15, 0.2) is 0 Å². The highest BCUT2D eigenvalue weighted by Gasteiger charge is 2.16. The van der Waals surface area contributed by atoms with Crippen molar-refractivity contribution in [1.29, 1.82) is 0 Å². The fourth-order valence-corrected chi connectivity index (χ4v) is 3.24. The Bertz CT molecular complexity index is 627. The topological polar surface area (TPSA) is 32.6 Å². The molecule has 0 heterocycles. The standard InChI is InChI=1S/C20H23NO/c22-20-17(14-16-8-3-1-4-9-16)10-7-11-18(20)15-21-19-12-5-2-6-13-19/h2,5-7,10-13,15-16,22H,1,3-4,8-9,14H2. The molecule has 2 nitrogen and oxygen atoms in total. The second-order valence-electron chi connectivity index (χ2n) is 6.16. The van der Waals surface area contributed by atoms with Crippen LogP contribution in [0.5, 0.6) is 5.75 Å². The zero-order chi connectivity index (χ0) is 15.2. The van der Waals surface area contributed by atoms with Crippen LogP contribution in [-0.4, -0.2) is 11.3 Å². The van der Waals surface area contributed by atoms with Crippen LogP contribution in [0.3, 0.4) is 0 Å². The average Bonchev–Trinajstić information content (AvgIpc) is 2.58. The third-order valence-electron chi connectivity index (χ3n) is 4.49. The minimum Gasteiger partial charge on any atom is -0.507 e. The SMILES string of the molecule is Oc1c(C=Nc2ccccc2)cccc1CC1CCCCC1. The van der Waals surface area contributed by atoms with Crippen LogP contribution in [0.15, 0.2) is 53.5 Å². The zero-order valence-electron chi connectivity index (χ0n) is 12.9. The molecule has 0 spiro atoms. The lowest BCUT2D eigenvalue weighted by molar-refractivity contribution is 0.351. The van der Waals surface area contributed by atoms with Crippen molar-refractivity contribution >= 4 is 11.9 Å². The maximum Gasteiger partial charge on any atom is 0.127 e. The van der Waals surface area contributed by atoms with Gasteiger partial charge in [-0.15, -0.1) is 0 Å². The van der Waals surface area contributed by atoms with Gasteiger partial charge in [-0.25, -0.2) is 0 Å². The molecule has 1 N–H and O–H groups in total. The highest BCUT2D eigenvalue weighted by molar-refractivity contribution is 5.85. The number of para-hydroxylation sites is 2. The van der Waals surface area contributed by atoms with Crippen molar-refractivity contribution in [3.8, 4) is 5.75 Å². The van der Waals surface area contributed by atoms with Crippen molar-refractivity contribution < 1.29 is 5.11 Å². The van der Waals surface area contributed by atoms with Crippen LogP contribution < -0.4 is 0 Å². The molecule has 22 heavy (non-hydrogen) atoms. The normalized spacial score (nSPS) is 16.2. The molecule has 0 unspecified atom stereocenters. The van der Waals surface area contributed by atoms with E-state index >= 15 is 0 Å². The molecule has 2 heteroatoms. The largest absolute Gasteiger partial charge is 0.507 e. The number of hydrogen-bond acceptors (Lipinski definition) is 2. The molecule has 0 saturated heterocycles. The van der Waals surface area contributed by atoms with E-state index in [1.807, 2.05) is 48.5 Å². The summed E-state index contributed by atoms with van der Waals surface area (Å²) in [6, 6.07) is 15.8. The fraction of sp³-hybridized carbons (Fsp3) is 0.350. The predicted molar refractivity (Wildman–Crippen MR) is 92.1 cm³/mol. The molecule has 2 aromatic carbocycles. The zero-order valence-corrected chi connectivity index (χ0v) is 12.9. The van der Waals surface area contributed by atoms with Gasteiger partial charge in [0.1, 0.15) is 5.75 Å². The van der Waals surface area contributed by atoms with E-state index in [1.54, 1.807) is 6.21 Å². The van der Waals surface area contributed by atoms with E-state index in [0.717, 1.165) is 29.2 Å². The number of hydrogen-bond donors (Lipinski definition) is 1. The molecule has 114 valence electrons. The van der Waals surface area contributed by atoms with Crippen LogP contribution in [0, 0.1) is 5.92 Å². The Morgan fingerprint density at radius 2 is 1.73 bits per heavy atom. The molecule has 1 aliphatic rings. The molecule has 0 radical (unpaired) electrons. The molecule has 1 aliphatic carbocycles. The first-order valence-corrected chi connectivity index (χ1v) is 8.23. The van der Waals surface area contributed by atoms with Crippen molar-refractivity contribution in [1.82, 2.24) is 0 Å². The number of nitrogens with zero attached hydrogens (tertiary/aromatic N) is 1. The third kappa shape index (κ3) is 3.76.